The summed E-state index contributed by atoms with van der Waals surface area (Å²) in [5.74, 6) is -0.258. The predicted molar refractivity (Wildman–Crippen MR) is 305 cm³/mol. The van der Waals surface area contributed by atoms with Crippen molar-refractivity contribution < 1.29 is 51.8 Å². The second-order valence-corrected chi connectivity index (χ2v) is 23.0. The Bertz CT molecular complexity index is 1400. The molecule has 6 N–H and O–H groups in total. The van der Waals surface area contributed by atoms with Crippen LogP contribution in [0.1, 0.15) is 303 Å². The third kappa shape index (κ3) is 42.6. The Balaban J connectivity index is 2.31. The van der Waals surface area contributed by atoms with Gasteiger partial charge in [-0.3, -0.25) is 9.35 Å². The molecule has 1 aliphatic rings. The number of hydrogen-bond donors (Lipinski definition) is 6. The molecule has 74 heavy (non-hydrogen) atoms. The Kier molecular flexibility index (Phi) is 48.7. The van der Waals surface area contributed by atoms with Gasteiger partial charge in [-0.15, -0.1) is 0 Å². The summed E-state index contributed by atoms with van der Waals surface area (Å²) < 4.78 is 47.9. The Labute approximate surface area is 454 Å². The molecule has 13 heteroatoms. The van der Waals surface area contributed by atoms with E-state index in [1.54, 1.807) is 6.08 Å². The van der Waals surface area contributed by atoms with E-state index >= 15 is 0 Å². The predicted octanol–water partition coefficient (Wildman–Crippen LogP) is 15.2. The van der Waals surface area contributed by atoms with E-state index in [0.29, 0.717) is 6.42 Å². The van der Waals surface area contributed by atoms with Crippen LogP contribution in [0, 0.1) is 0 Å². The van der Waals surface area contributed by atoms with E-state index in [-0.39, 0.29) is 18.9 Å². The average molecular weight is 1070 g/mol. The fourth-order valence-corrected chi connectivity index (χ4v) is 10.7. The van der Waals surface area contributed by atoms with E-state index in [1.807, 2.05) is 6.08 Å². The number of unbranched alkanes of at least 4 members (excludes halogenated alkanes) is 41. The maximum absolute atomic E-state index is 13.2. The van der Waals surface area contributed by atoms with Crippen LogP contribution in [-0.2, 0) is 28.9 Å². The van der Waals surface area contributed by atoms with Gasteiger partial charge in [-0.25, -0.2) is 4.18 Å². The third-order valence-corrected chi connectivity index (χ3v) is 15.4. The van der Waals surface area contributed by atoms with Crippen LogP contribution in [0.2, 0.25) is 0 Å². The molecule has 0 spiro atoms. The molecule has 7 atom stereocenters. The molecule has 0 radical (unpaired) electrons. The van der Waals surface area contributed by atoms with Gasteiger partial charge in [0.15, 0.2) is 6.29 Å². The monoisotopic (exact) mass is 1070 g/mol. The fraction of sp³-hybridized carbons (Fsp3) is 0.918. The number of carbonyl (C=O) groups is 1. The minimum absolute atomic E-state index is 0.258. The van der Waals surface area contributed by atoms with Crippen LogP contribution in [-0.4, -0.2) is 95.4 Å². The third-order valence-electron chi connectivity index (χ3n) is 15.0. The van der Waals surface area contributed by atoms with Crippen LogP contribution >= 0.6 is 0 Å². The molecule has 1 aliphatic heterocycles. The first-order chi connectivity index (χ1) is 36.0. The van der Waals surface area contributed by atoms with Gasteiger partial charge < -0.3 is 35.2 Å². The van der Waals surface area contributed by atoms with Crippen molar-refractivity contribution in [1.82, 2.24) is 5.32 Å². The molecule has 1 fully saturated rings. The lowest BCUT2D eigenvalue weighted by atomic mass is 9.99. The summed E-state index contributed by atoms with van der Waals surface area (Å²) in [5.41, 5.74) is 0. The quantitative estimate of drug-likeness (QED) is 0.0193. The molecule has 1 heterocycles. The molecule has 1 saturated heterocycles. The fourth-order valence-electron chi connectivity index (χ4n) is 10.2. The van der Waals surface area contributed by atoms with E-state index in [9.17, 15) is 38.2 Å². The lowest BCUT2D eigenvalue weighted by molar-refractivity contribution is -0.298. The van der Waals surface area contributed by atoms with Crippen LogP contribution < -0.4 is 5.32 Å². The maximum atomic E-state index is 13.2. The lowest BCUT2D eigenvalue weighted by Crippen LogP contribution is -2.61. The van der Waals surface area contributed by atoms with Crippen LogP contribution in [0.5, 0.6) is 0 Å². The van der Waals surface area contributed by atoms with Crippen molar-refractivity contribution in [2.75, 3.05) is 13.2 Å². The Hall–Kier alpha value is -1.42. The molecule has 1 rings (SSSR count). The van der Waals surface area contributed by atoms with Crippen molar-refractivity contribution in [1.29, 1.82) is 0 Å². The largest absolute Gasteiger partial charge is 0.397 e. The van der Waals surface area contributed by atoms with Gasteiger partial charge in [0, 0.05) is 6.42 Å². The molecular weight excluding hydrogens is 955 g/mol. The summed E-state index contributed by atoms with van der Waals surface area (Å²) in [6.07, 6.45) is 55.2. The SMILES string of the molecule is CCCCCCCCCCCCCC/C=C\CCCCCCCCCCCCCCC(=O)NC(COC1OC(CO)C(O)C(OS(=O)(=O)O)C1O)C(O)/C=C/CCCCCCCCCCCCCCCCCCC. The van der Waals surface area contributed by atoms with Crippen molar-refractivity contribution in [2.45, 2.75) is 346 Å². The zero-order valence-electron chi connectivity index (χ0n) is 47.7. The zero-order chi connectivity index (χ0) is 54.0. The molecular formula is C61H117NO11S. The first kappa shape index (κ1) is 70.6. The molecule has 0 saturated carbocycles. The van der Waals surface area contributed by atoms with Crippen LogP contribution in [0.4, 0.5) is 0 Å². The molecule has 0 aliphatic carbocycles. The summed E-state index contributed by atoms with van der Waals surface area (Å²) in [5, 5.41) is 45.0. The van der Waals surface area contributed by atoms with Crippen molar-refractivity contribution in [3.8, 4) is 0 Å². The number of carbonyl (C=O) groups excluding carboxylic acids is 1. The number of aliphatic hydroxyl groups excluding tert-OH is 4. The first-order valence-corrected chi connectivity index (χ1v) is 32.6. The molecule has 0 aromatic carbocycles. The Morgan fingerprint density at radius 1 is 0.527 bits per heavy atom. The first-order valence-electron chi connectivity index (χ1n) is 31.2. The van der Waals surface area contributed by atoms with Crippen molar-refractivity contribution in [2.24, 2.45) is 0 Å². The van der Waals surface area contributed by atoms with E-state index in [1.165, 1.54) is 238 Å². The van der Waals surface area contributed by atoms with Crippen LogP contribution in [0.25, 0.3) is 0 Å². The lowest BCUT2D eigenvalue weighted by Gasteiger charge is -2.41. The van der Waals surface area contributed by atoms with E-state index < -0.39 is 59.9 Å². The second-order valence-electron chi connectivity index (χ2n) is 22.0. The normalized spacial score (nSPS) is 19.3. The van der Waals surface area contributed by atoms with Gasteiger partial charge in [0.1, 0.15) is 24.4 Å². The second kappa shape index (κ2) is 51.0. The molecule has 12 nitrogen and oxygen atoms in total. The van der Waals surface area contributed by atoms with Crippen molar-refractivity contribution in [3.05, 3.63) is 24.3 Å². The molecule has 0 aromatic rings. The van der Waals surface area contributed by atoms with Crippen LogP contribution in [0.15, 0.2) is 24.3 Å². The summed E-state index contributed by atoms with van der Waals surface area (Å²) >= 11 is 0. The van der Waals surface area contributed by atoms with Gasteiger partial charge in [-0.2, -0.15) is 8.42 Å². The number of rotatable bonds is 55. The van der Waals surface area contributed by atoms with Crippen LogP contribution in [0.3, 0.4) is 0 Å². The molecule has 0 bridgehead atoms. The topological polar surface area (TPSA) is 192 Å². The van der Waals surface area contributed by atoms with Crippen molar-refractivity contribution >= 4 is 16.3 Å². The maximum Gasteiger partial charge on any atom is 0.397 e. The van der Waals surface area contributed by atoms with Gasteiger partial charge in [0.2, 0.25) is 5.91 Å². The minimum Gasteiger partial charge on any atom is -0.394 e. The standard InChI is InChI=1S/C61H117NO11S/c1-3-5-7-9-11-13-15-17-19-21-23-24-25-26-27-28-29-30-31-33-35-37-39-41-43-45-47-49-51-57(65)62-54(53-71-61-59(67)60(73-74(68,69)70)58(66)56(52-63)72-61)55(64)50-48-46-44-42-40-38-36-34-32-22-20-18-16-14-12-10-8-6-4-2/h26-27,48,50,54-56,58-61,63-64,66-67H,3-25,28-47,49,51-53H2,1-2H3,(H,62,65)(H,68,69,70)/b27-26-,50-48+. The smallest absolute Gasteiger partial charge is 0.394 e. The van der Waals surface area contributed by atoms with Gasteiger partial charge in [0.05, 0.1) is 25.4 Å². The molecule has 1 amide bonds. The van der Waals surface area contributed by atoms with Gasteiger partial charge in [0.25, 0.3) is 0 Å². The number of allylic oxidation sites excluding steroid dienone is 3. The highest BCUT2D eigenvalue weighted by molar-refractivity contribution is 7.80. The highest BCUT2D eigenvalue weighted by Gasteiger charge is 2.48. The highest BCUT2D eigenvalue weighted by Crippen LogP contribution is 2.26. The zero-order valence-corrected chi connectivity index (χ0v) is 48.5. The molecule has 438 valence electrons. The Morgan fingerprint density at radius 2 is 0.865 bits per heavy atom. The molecule has 7 unspecified atom stereocenters. The number of amides is 1. The van der Waals surface area contributed by atoms with Crippen molar-refractivity contribution in [3.63, 3.8) is 0 Å². The van der Waals surface area contributed by atoms with E-state index in [2.05, 4.69) is 35.5 Å². The van der Waals surface area contributed by atoms with E-state index in [4.69, 9.17) is 9.47 Å². The Morgan fingerprint density at radius 3 is 1.22 bits per heavy atom. The highest BCUT2D eigenvalue weighted by atomic mass is 32.3. The summed E-state index contributed by atoms with van der Waals surface area (Å²) in [6, 6.07) is -0.943. The molecule has 0 aromatic heterocycles. The summed E-state index contributed by atoms with van der Waals surface area (Å²) in [6.45, 7) is 3.44. The number of hydrogen-bond acceptors (Lipinski definition) is 10. The number of aliphatic hydroxyl groups is 4. The van der Waals surface area contributed by atoms with Gasteiger partial charge >= 0.3 is 10.4 Å². The average Bonchev–Trinajstić information content (AvgIpc) is 3.38. The minimum atomic E-state index is -5.09. The van der Waals surface area contributed by atoms with Gasteiger partial charge in [-0.1, -0.05) is 276 Å². The van der Waals surface area contributed by atoms with E-state index in [0.717, 1.165) is 38.5 Å². The number of ether oxygens (including phenoxy) is 2. The van der Waals surface area contributed by atoms with Gasteiger partial charge in [-0.05, 0) is 44.9 Å². The summed E-state index contributed by atoms with van der Waals surface area (Å²) in [7, 11) is -5.09. The summed E-state index contributed by atoms with van der Waals surface area (Å²) in [4.78, 5) is 13.2. The number of nitrogens with one attached hydrogen (secondary N) is 1.